The average molecular weight is 708 g/mol. The van der Waals surface area contributed by atoms with E-state index in [-0.39, 0.29) is 23.9 Å². The van der Waals surface area contributed by atoms with Crippen LogP contribution in [-0.2, 0) is 20.5 Å². The molecule has 3 aliphatic heterocycles. The highest BCUT2D eigenvalue weighted by Gasteiger charge is 2.55. The second-order valence-electron chi connectivity index (χ2n) is 12.4. The smallest absolute Gasteiger partial charge is 0.416 e. The maximum absolute atomic E-state index is 14.7. The quantitative estimate of drug-likeness (QED) is 0.233. The van der Waals surface area contributed by atoms with Gasteiger partial charge in [-0.05, 0) is 80.4 Å². The molecule has 0 saturated carbocycles. The summed E-state index contributed by atoms with van der Waals surface area (Å²) in [7, 11) is 0. The maximum atomic E-state index is 14.7. The number of piperidine rings is 1. The maximum Gasteiger partial charge on any atom is 0.416 e. The largest absolute Gasteiger partial charge is 0.444 e. The van der Waals surface area contributed by atoms with Crippen LogP contribution in [0.2, 0.25) is 5.02 Å². The average Bonchev–Trinajstić information content (AvgIpc) is 3.31. The van der Waals surface area contributed by atoms with Crippen LogP contribution in [-0.4, -0.2) is 69.0 Å². The molecule has 3 amide bonds. The Morgan fingerprint density at radius 2 is 1.89 bits per heavy atom. The van der Waals surface area contributed by atoms with Gasteiger partial charge in [-0.1, -0.05) is 18.5 Å². The Balaban J connectivity index is 1.45. The van der Waals surface area contributed by atoms with Gasteiger partial charge in [0.15, 0.2) is 5.08 Å². The summed E-state index contributed by atoms with van der Waals surface area (Å²) in [5.41, 5.74) is 0.900. The highest BCUT2D eigenvalue weighted by Crippen LogP contribution is 2.54. The van der Waals surface area contributed by atoms with Crippen LogP contribution in [0, 0.1) is 17.2 Å². The third kappa shape index (κ3) is 6.02. The number of hydrogen-bond acceptors (Lipinski definition) is 7. The van der Waals surface area contributed by atoms with Crippen molar-refractivity contribution in [2.45, 2.75) is 70.2 Å². The van der Waals surface area contributed by atoms with E-state index in [1.54, 1.807) is 30.6 Å². The molecule has 2 atom stereocenters. The minimum absolute atomic E-state index is 0.0718. The van der Waals surface area contributed by atoms with Crippen LogP contribution < -0.4 is 10.7 Å². The Labute approximate surface area is 264 Å². The molecule has 3 heterocycles. The van der Waals surface area contributed by atoms with Crippen molar-refractivity contribution in [1.29, 1.82) is 0 Å². The Kier molecular flexibility index (Phi) is 8.47. The molecule has 1 aromatic carbocycles. The number of alkyl halides is 4. The number of ether oxygens (including phenoxy) is 1. The van der Waals surface area contributed by atoms with Gasteiger partial charge < -0.3 is 19.9 Å². The summed E-state index contributed by atoms with van der Waals surface area (Å²) in [5, 5.41) is 2.28. The first-order valence-electron chi connectivity index (χ1n) is 14.1. The number of allylic oxidation sites excluding steroid dienone is 1. The summed E-state index contributed by atoms with van der Waals surface area (Å²) in [4.78, 5) is 47.8. The number of carbonyl (C=O) groups excluding carboxylic acids is 3. The fourth-order valence-corrected chi connectivity index (χ4v) is 6.96. The first-order valence-corrected chi connectivity index (χ1v) is 15.4. The number of hydrazine groups is 1. The fraction of sp³-hybridized carbons (Fsp3) is 0.571. The van der Waals surface area contributed by atoms with Gasteiger partial charge in [0.1, 0.15) is 18.0 Å². The number of rotatable bonds is 3. The van der Waals surface area contributed by atoms with Gasteiger partial charge >= 0.3 is 12.3 Å². The molecule has 1 fully saturated rings. The lowest BCUT2D eigenvalue weighted by Gasteiger charge is -2.53. The number of nitrogens with zero attached hydrogens (tertiary/aromatic N) is 4. The number of hydrogen-bond donors (Lipinski definition) is 2. The highest BCUT2D eigenvalue weighted by atomic mass is 79.9. The molecular weight excluding hydrogens is 676 g/mol. The third-order valence-electron chi connectivity index (χ3n) is 8.44. The normalized spacial score (nSPS) is 23.5. The standard InChI is InChI=1S/C28H32BrClF4N6O4/c1-14-5-6-18-20(27(14)7-9-38(10-8-27)25(43)44-26(2,3)4)22(42)40-24(36-23(29)37-40)39(18)13-19(41)35-21-16(30)11-15(12-17(21)31)28(32,33)34/h11-12,14,23,37H,5-10,13H2,1-4H3,(H,35,41). The van der Waals surface area contributed by atoms with Gasteiger partial charge in [0.2, 0.25) is 11.9 Å². The predicted octanol–water partition coefficient (Wildman–Crippen LogP) is 5.83. The second kappa shape index (κ2) is 11.5. The van der Waals surface area contributed by atoms with Crippen LogP contribution in [0.3, 0.4) is 0 Å². The SMILES string of the molecule is CC1CCC2=C(C(=O)N3NC(Br)N=C3N2CC(=O)Nc2c(F)cc(C(F)(F)F)cc2Cl)C12CCN(C(=O)OC(C)(C)C)CC2. The van der Waals surface area contributed by atoms with Crippen molar-refractivity contribution in [3.63, 3.8) is 0 Å². The lowest BCUT2D eigenvalue weighted by Crippen LogP contribution is -2.61. The molecule has 0 bridgehead atoms. The molecule has 16 heteroatoms. The zero-order valence-electron chi connectivity index (χ0n) is 24.4. The van der Waals surface area contributed by atoms with Crippen molar-refractivity contribution >= 4 is 57.1 Å². The van der Waals surface area contributed by atoms with E-state index in [0.29, 0.717) is 56.1 Å². The van der Waals surface area contributed by atoms with E-state index in [9.17, 15) is 31.9 Å². The lowest BCUT2D eigenvalue weighted by atomic mass is 9.59. The summed E-state index contributed by atoms with van der Waals surface area (Å²) in [6.07, 6.45) is -3.14. The van der Waals surface area contributed by atoms with Gasteiger partial charge in [-0.2, -0.15) is 18.6 Å². The number of fused-ring (bicyclic) bond motifs is 2. The van der Waals surface area contributed by atoms with Crippen molar-refractivity contribution in [2.75, 3.05) is 25.0 Å². The van der Waals surface area contributed by atoms with Crippen molar-refractivity contribution in [3.05, 3.63) is 39.8 Å². The van der Waals surface area contributed by atoms with Crippen molar-refractivity contribution < 1.29 is 36.7 Å². The fourth-order valence-electron chi connectivity index (χ4n) is 6.32. The van der Waals surface area contributed by atoms with Gasteiger partial charge in [-0.3, -0.25) is 9.59 Å². The van der Waals surface area contributed by atoms with Gasteiger partial charge in [0.25, 0.3) is 5.91 Å². The number of nitrogens with one attached hydrogen (secondary N) is 2. The number of aliphatic imine (C=N–C) groups is 1. The Morgan fingerprint density at radius 3 is 2.48 bits per heavy atom. The zero-order chi connectivity index (χ0) is 32.4. The van der Waals surface area contributed by atoms with E-state index < -0.39 is 62.9 Å². The summed E-state index contributed by atoms with van der Waals surface area (Å²) in [5.74, 6) is -2.20. The molecule has 44 heavy (non-hydrogen) atoms. The zero-order valence-corrected chi connectivity index (χ0v) is 26.8. The van der Waals surface area contributed by atoms with Crippen LogP contribution in [0.15, 0.2) is 28.4 Å². The molecule has 5 rings (SSSR count). The molecule has 1 saturated heterocycles. The van der Waals surface area contributed by atoms with Gasteiger partial charge in [-0.25, -0.2) is 19.2 Å². The highest BCUT2D eigenvalue weighted by molar-refractivity contribution is 9.09. The van der Waals surface area contributed by atoms with Gasteiger partial charge in [0.05, 0.1) is 16.3 Å². The van der Waals surface area contributed by atoms with Crippen LogP contribution in [0.4, 0.5) is 28.0 Å². The van der Waals surface area contributed by atoms with E-state index >= 15 is 0 Å². The van der Waals surface area contributed by atoms with Gasteiger partial charge in [0, 0.05) is 29.8 Å². The molecule has 1 aliphatic carbocycles. The second-order valence-corrected chi connectivity index (χ2v) is 13.6. The predicted molar refractivity (Wildman–Crippen MR) is 157 cm³/mol. The molecule has 1 aromatic rings. The van der Waals surface area contributed by atoms with E-state index in [1.165, 1.54) is 5.01 Å². The number of likely N-dealkylation sites (tertiary alicyclic amines) is 1. The molecule has 2 unspecified atom stereocenters. The Morgan fingerprint density at radius 1 is 1.23 bits per heavy atom. The monoisotopic (exact) mass is 706 g/mol. The minimum atomic E-state index is -4.82. The first-order chi connectivity index (χ1) is 20.4. The molecule has 240 valence electrons. The Hall–Kier alpha value is -2.91. The summed E-state index contributed by atoms with van der Waals surface area (Å²) in [6.45, 7) is 7.76. The van der Waals surface area contributed by atoms with Gasteiger partial charge in [-0.15, -0.1) is 0 Å². The molecule has 0 aromatic heterocycles. The van der Waals surface area contributed by atoms with Crippen LogP contribution in [0.25, 0.3) is 0 Å². The van der Waals surface area contributed by atoms with E-state index in [0.717, 1.165) is 0 Å². The minimum Gasteiger partial charge on any atom is -0.444 e. The van der Waals surface area contributed by atoms with Crippen molar-refractivity contribution in [3.8, 4) is 0 Å². The van der Waals surface area contributed by atoms with E-state index in [4.69, 9.17) is 16.3 Å². The van der Waals surface area contributed by atoms with Crippen LogP contribution in [0.1, 0.15) is 58.9 Å². The number of amides is 3. The topological polar surface area (TPSA) is 107 Å². The molecule has 10 nitrogen and oxygen atoms in total. The number of halogens is 6. The summed E-state index contributed by atoms with van der Waals surface area (Å²) >= 11 is 9.28. The molecule has 2 N–H and O–H groups in total. The van der Waals surface area contributed by atoms with Crippen molar-refractivity contribution in [1.82, 2.24) is 20.2 Å². The third-order valence-corrected chi connectivity index (χ3v) is 9.14. The number of anilines is 1. The van der Waals surface area contributed by atoms with E-state index in [1.807, 2.05) is 0 Å². The van der Waals surface area contributed by atoms with Crippen LogP contribution in [0.5, 0.6) is 0 Å². The van der Waals surface area contributed by atoms with E-state index in [2.05, 4.69) is 38.6 Å². The number of benzene rings is 1. The Bertz CT molecular complexity index is 1430. The first kappa shape index (κ1) is 32.5. The van der Waals surface area contributed by atoms with Crippen LogP contribution >= 0.6 is 27.5 Å². The van der Waals surface area contributed by atoms with Crippen molar-refractivity contribution in [2.24, 2.45) is 16.3 Å². The summed E-state index contributed by atoms with van der Waals surface area (Å²) in [6, 6.07) is 0.804. The molecule has 0 radical (unpaired) electrons. The summed E-state index contributed by atoms with van der Waals surface area (Å²) < 4.78 is 59.5. The molecule has 4 aliphatic rings. The lowest BCUT2D eigenvalue weighted by molar-refractivity contribution is -0.137. The molecular formula is C28H32BrClF4N6O4. The number of carbonyl (C=O) groups is 3. The number of guanidine groups is 1. The molecule has 1 spiro atoms.